The van der Waals surface area contributed by atoms with Crippen LogP contribution in [0.1, 0.15) is 36.6 Å². The molecule has 0 saturated heterocycles. The predicted molar refractivity (Wildman–Crippen MR) is 119 cm³/mol. The number of hydrogen-bond donors (Lipinski definition) is 3. The van der Waals surface area contributed by atoms with E-state index in [1.807, 2.05) is 18.3 Å². The molecule has 9 heteroatoms. The lowest BCUT2D eigenvalue weighted by molar-refractivity contribution is -0.142. The monoisotopic (exact) mass is 457 g/mol. The third kappa shape index (κ3) is 5.11. The number of thiazole rings is 1. The van der Waals surface area contributed by atoms with Gasteiger partial charge < -0.3 is 15.7 Å². The van der Waals surface area contributed by atoms with Crippen LogP contribution in [0.3, 0.4) is 0 Å². The molecule has 6 nitrogen and oxygen atoms in total. The number of halogens is 2. The number of benzene rings is 2. The van der Waals surface area contributed by atoms with Crippen molar-refractivity contribution in [2.75, 3.05) is 10.6 Å². The number of urea groups is 1. The van der Waals surface area contributed by atoms with E-state index in [0.717, 1.165) is 40.4 Å². The summed E-state index contributed by atoms with van der Waals surface area (Å²) in [4.78, 5) is 28.8. The van der Waals surface area contributed by atoms with Crippen LogP contribution in [0, 0.1) is 17.6 Å². The van der Waals surface area contributed by atoms with E-state index in [1.165, 1.54) is 0 Å². The van der Waals surface area contributed by atoms with Crippen LogP contribution < -0.4 is 10.6 Å². The standard InChI is InChI=1S/C23H21F2N3O3S/c24-16-7-10-19(18(25)11-16)28-23(31)27-17-8-5-13(6-9-17)20-12-26-21(32-20)14-1-3-15(4-2-14)22(29)30/h5-12,14-15H,1-4H2,(H,29,30)(H2,27,28,31). The lowest BCUT2D eigenvalue weighted by Gasteiger charge is -2.24. The third-order valence-electron chi connectivity index (χ3n) is 5.56. The van der Waals surface area contributed by atoms with Crippen molar-refractivity contribution >= 4 is 34.7 Å². The molecule has 4 rings (SSSR count). The van der Waals surface area contributed by atoms with Gasteiger partial charge in [-0.15, -0.1) is 11.3 Å². The molecule has 0 unspecified atom stereocenters. The van der Waals surface area contributed by atoms with Gasteiger partial charge in [0.2, 0.25) is 0 Å². The van der Waals surface area contributed by atoms with Crippen LogP contribution in [0.15, 0.2) is 48.7 Å². The van der Waals surface area contributed by atoms with Crippen LogP contribution in [-0.4, -0.2) is 22.1 Å². The number of carboxylic acid groups (broad SMARTS) is 1. The topological polar surface area (TPSA) is 91.3 Å². The zero-order valence-corrected chi connectivity index (χ0v) is 17.8. The number of aliphatic carboxylic acids is 1. The molecular formula is C23H21F2N3O3S. The van der Waals surface area contributed by atoms with Crippen molar-refractivity contribution in [3.63, 3.8) is 0 Å². The maximum absolute atomic E-state index is 13.7. The highest BCUT2D eigenvalue weighted by Gasteiger charge is 2.28. The number of hydrogen-bond acceptors (Lipinski definition) is 4. The van der Waals surface area contributed by atoms with E-state index in [2.05, 4.69) is 15.6 Å². The lowest BCUT2D eigenvalue weighted by Crippen LogP contribution is -2.20. The van der Waals surface area contributed by atoms with Crippen molar-refractivity contribution in [2.24, 2.45) is 5.92 Å². The van der Waals surface area contributed by atoms with E-state index >= 15 is 0 Å². The number of aromatic nitrogens is 1. The highest BCUT2D eigenvalue weighted by molar-refractivity contribution is 7.15. The summed E-state index contributed by atoms with van der Waals surface area (Å²) in [6, 6.07) is 9.45. The van der Waals surface area contributed by atoms with E-state index in [1.54, 1.807) is 23.5 Å². The van der Waals surface area contributed by atoms with E-state index in [0.29, 0.717) is 30.5 Å². The summed E-state index contributed by atoms with van der Waals surface area (Å²) in [5, 5.41) is 15.1. The molecule has 1 fully saturated rings. The molecule has 0 spiro atoms. The Kier molecular flexibility index (Phi) is 6.45. The minimum Gasteiger partial charge on any atom is -0.481 e. The van der Waals surface area contributed by atoms with Crippen LogP contribution >= 0.6 is 11.3 Å². The van der Waals surface area contributed by atoms with Gasteiger partial charge in [0.15, 0.2) is 0 Å². The highest BCUT2D eigenvalue weighted by Crippen LogP contribution is 2.39. The summed E-state index contributed by atoms with van der Waals surface area (Å²) >= 11 is 1.60. The molecule has 1 saturated carbocycles. The molecule has 0 radical (unpaired) electrons. The Morgan fingerprint density at radius 2 is 1.72 bits per heavy atom. The third-order valence-corrected chi connectivity index (χ3v) is 6.76. The quantitative estimate of drug-likeness (QED) is 0.432. The van der Waals surface area contributed by atoms with Crippen molar-refractivity contribution in [2.45, 2.75) is 31.6 Å². The van der Waals surface area contributed by atoms with Gasteiger partial charge in [-0.3, -0.25) is 4.79 Å². The van der Waals surface area contributed by atoms with E-state index in [4.69, 9.17) is 5.11 Å². The molecule has 1 aliphatic carbocycles. The number of amides is 2. The second-order valence-electron chi connectivity index (χ2n) is 7.73. The molecule has 3 aromatic rings. The van der Waals surface area contributed by atoms with Crippen LogP contribution in [0.5, 0.6) is 0 Å². The van der Waals surface area contributed by atoms with Gasteiger partial charge in [0, 0.05) is 23.9 Å². The van der Waals surface area contributed by atoms with Crippen molar-refractivity contribution in [1.82, 2.24) is 4.98 Å². The molecule has 0 bridgehead atoms. The average Bonchev–Trinajstić information content (AvgIpc) is 3.26. The summed E-state index contributed by atoms with van der Waals surface area (Å²) in [7, 11) is 0. The normalized spacial score (nSPS) is 18.2. The Bertz CT molecular complexity index is 1130. The predicted octanol–water partition coefficient (Wildman–Crippen LogP) is 6.09. The first-order valence-corrected chi connectivity index (χ1v) is 11.0. The molecule has 2 amide bonds. The van der Waals surface area contributed by atoms with E-state index in [-0.39, 0.29) is 11.6 Å². The second-order valence-corrected chi connectivity index (χ2v) is 8.79. The van der Waals surface area contributed by atoms with Gasteiger partial charge in [0.05, 0.1) is 21.5 Å². The minimum atomic E-state index is -0.854. The first kappa shape index (κ1) is 21.9. The number of nitrogens with one attached hydrogen (secondary N) is 2. The smallest absolute Gasteiger partial charge is 0.323 e. The first-order chi connectivity index (χ1) is 15.4. The maximum atomic E-state index is 13.7. The second kappa shape index (κ2) is 9.44. The fourth-order valence-corrected chi connectivity index (χ4v) is 4.88. The zero-order valence-electron chi connectivity index (χ0n) is 17.0. The van der Waals surface area contributed by atoms with Gasteiger partial charge in [-0.05, 0) is 55.5 Å². The Balaban J connectivity index is 1.36. The fraction of sp³-hybridized carbons (Fsp3) is 0.261. The number of carboxylic acids is 1. The van der Waals surface area contributed by atoms with Crippen molar-refractivity contribution in [3.8, 4) is 10.4 Å². The lowest BCUT2D eigenvalue weighted by atomic mass is 9.82. The highest BCUT2D eigenvalue weighted by atomic mass is 32.1. The molecule has 32 heavy (non-hydrogen) atoms. The van der Waals surface area contributed by atoms with Crippen LogP contribution in [0.25, 0.3) is 10.4 Å². The summed E-state index contributed by atoms with van der Waals surface area (Å²) in [5.41, 5.74) is 1.35. The average molecular weight is 458 g/mol. The molecule has 2 aromatic carbocycles. The Labute approximate surface area is 187 Å². The van der Waals surface area contributed by atoms with Crippen LogP contribution in [-0.2, 0) is 4.79 Å². The van der Waals surface area contributed by atoms with Crippen molar-refractivity contribution in [1.29, 1.82) is 0 Å². The summed E-state index contributed by atoms with van der Waals surface area (Å²) in [5.74, 6) is -2.24. The molecular weight excluding hydrogens is 436 g/mol. The maximum Gasteiger partial charge on any atom is 0.323 e. The minimum absolute atomic E-state index is 0.116. The van der Waals surface area contributed by atoms with E-state index in [9.17, 15) is 18.4 Å². The number of carbonyl (C=O) groups is 2. The number of rotatable bonds is 5. The Morgan fingerprint density at radius 3 is 2.38 bits per heavy atom. The Hall–Kier alpha value is -3.33. The van der Waals surface area contributed by atoms with Crippen molar-refractivity contribution < 1.29 is 23.5 Å². The number of nitrogens with zero attached hydrogens (tertiary/aromatic N) is 1. The number of carbonyl (C=O) groups excluding carboxylic acids is 1. The van der Waals surface area contributed by atoms with Gasteiger partial charge in [-0.25, -0.2) is 18.6 Å². The SMILES string of the molecule is O=C(Nc1ccc(-c2cnc(C3CCC(C(=O)O)CC3)s2)cc1)Nc1ccc(F)cc1F. The van der Waals surface area contributed by atoms with Gasteiger partial charge in [0.1, 0.15) is 11.6 Å². The largest absolute Gasteiger partial charge is 0.481 e. The molecule has 3 N–H and O–H groups in total. The van der Waals surface area contributed by atoms with Gasteiger partial charge >= 0.3 is 12.0 Å². The first-order valence-electron chi connectivity index (χ1n) is 10.2. The van der Waals surface area contributed by atoms with Crippen LogP contribution in [0.2, 0.25) is 0 Å². The van der Waals surface area contributed by atoms with Gasteiger partial charge in [0.25, 0.3) is 0 Å². The van der Waals surface area contributed by atoms with Gasteiger partial charge in [-0.2, -0.15) is 0 Å². The summed E-state index contributed by atoms with van der Waals surface area (Å²) in [6.45, 7) is 0. The summed E-state index contributed by atoms with van der Waals surface area (Å²) < 4.78 is 26.6. The van der Waals surface area contributed by atoms with Crippen LogP contribution in [0.4, 0.5) is 25.0 Å². The molecule has 1 heterocycles. The zero-order chi connectivity index (χ0) is 22.7. The molecule has 1 aromatic heterocycles. The molecule has 166 valence electrons. The fourth-order valence-electron chi connectivity index (χ4n) is 3.79. The van der Waals surface area contributed by atoms with Gasteiger partial charge in [-0.1, -0.05) is 12.1 Å². The number of anilines is 2. The molecule has 1 aliphatic rings. The summed E-state index contributed by atoms with van der Waals surface area (Å²) in [6.07, 6.45) is 4.83. The molecule has 0 atom stereocenters. The molecule has 0 aliphatic heterocycles. The Morgan fingerprint density at radius 1 is 1.00 bits per heavy atom. The van der Waals surface area contributed by atoms with Crippen molar-refractivity contribution in [3.05, 3.63) is 65.3 Å². The van der Waals surface area contributed by atoms with E-state index < -0.39 is 23.6 Å².